The number of hydrogen-bond acceptors (Lipinski definition) is 2. The highest BCUT2D eigenvalue weighted by atomic mass is 16.2. The summed E-state index contributed by atoms with van der Waals surface area (Å²) in [5.41, 5.74) is 9.20. The topological polar surface area (TPSA) is 58.7 Å². The van der Waals surface area contributed by atoms with Crippen molar-refractivity contribution < 1.29 is 4.79 Å². The number of aryl methyl sites for hydroxylation is 2. The number of nitrogens with two attached hydrogens (primary N) is 1. The third kappa shape index (κ3) is 1.56. The molecule has 0 radical (unpaired) electrons. The first-order chi connectivity index (χ1) is 7.50. The van der Waals surface area contributed by atoms with Gasteiger partial charge in [-0.05, 0) is 30.5 Å². The Hall–Kier alpha value is -1.84. The van der Waals surface area contributed by atoms with Crippen LogP contribution in [-0.4, -0.2) is 23.8 Å². The van der Waals surface area contributed by atoms with Gasteiger partial charge in [0.1, 0.15) is 11.9 Å². The van der Waals surface area contributed by atoms with E-state index in [1.165, 1.54) is 11.1 Å². The van der Waals surface area contributed by atoms with Crippen LogP contribution in [0.25, 0.3) is 0 Å². The SMILES string of the molecule is Cc1ccc(C2C(N)=NC(=O)N2C)cc1C. The van der Waals surface area contributed by atoms with Crippen molar-refractivity contribution in [3.8, 4) is 0 Å². The third-order valence-corrected chi connectivity index (χ3v) is 3.04. The first-order valence-corrected chi connectivity index (χ1v) is 5.18. The van der Waals surface area contributed by atoms with Crippen LogP contribution in [0, 0.1) is 13.8 Å². The van der Waals surface area contributed by atoms with Crippen molar-refractivity contribution in [2.24, 2.45) is 10.7 Å². The Balaban J connectivity index is 2.42. The van der Waals surface area contributed by atoms with E-state index in [1.54, 1.807) is 11.9 Å². The molecule has 4 heteroatoms. The molecule has 0 aromatic heterocycles. The number of aliphatic imine (C=N–C) groups is 1. The third-order valence-electron chi connectivity index (χ3n) is 3.04. The number of benzene rings is 1. The second-order valence-electron chi connectivity index (χ2n) is 4.18. The van der Waals surface area contributed by atoms with Crippen LogP contribution in [0.2, 0.25) is 0 Å². The molecular weight excluding hydrogens is 202 g/mol. The molecule has 2 rings (SSSR count). The fourth-order valence-corrected chi connectivity index (χ4v) is 1.89. The van der Waals surface area contributed by atoms with Crippen LogP contribution in [0.15, 0.2) is 23.2 Å². The summed E-state index contributed by atoms with van der Waals surface area (Å²) in [6.45, 7) is 4.10. The molecule has 2 amide bonds. The Morgan fingerprint density at radius 1 is 1.31 bits per heavy atom. The van der Waals surface area contributed by atoms with Gasteiger partial charge in [0.2, 0.25) is 0 Å². The maximum absolute atomic E-state index is 11.4. The van der Waals surface area contributed by atoms with Gasteiger partial charge in [-0.25, -0.2) is 4.79 Å². The summed E-state index contributed by atoms with van der Waals surface area (Å²) < 4.78 is 0. The minimum Gasteiger partial charge on any atom is -0.385 e. The van der Waals surface area contributed by atoms with Gasteiger partial charge in [0.25, 0.3) is 0 Å². The fraction of sp³-hybridized carbons (Fsp3) is 0.333. The molecule has 0 saturated carbocycles. The Morgan fingerprint density at radius 2 is 2.00 bits per heavy atom. The first kappa shape index (κ1) is 10.7. The summed E-state index contributed by atoms with van der Waals surface area (Å²) in [5, 5.41) is 0. The van der Waals surface area contributed by atoms with Crippen LogP contribution >= 0.6 is 0 Å². The van der Waals surface area contributed by atoms with Crippen LogP contribution in [0.4, 0.5) is 4.79 Å². The standard InChI is InChI=1S/C12H15N3O/c1-7-4-5-9(6-8(7)2)10-11(13)14-12(16)15(10)3/h4-6,10H,1-3H3,(H2,13,14,16). The van der Waals surface area contributed by atoms with E-state index in [4.69, 9.17) is 5.73 Å². The lowest BCUT2D eigenvalue weighted by Crippen LogP contribution is -2.30. The lowest BCUT2D eigenvalue weighted by molar-refractivity contribution is 0.218. The highest BCUT2D eigenvalue weighted by Gasteiger charge is 2.31. The summed E-state index contributed by atoms with van der Waals surface area (Å²) in [4.78, 5) is 16.7. The number of urea groups is 1. The van der Waals surface area contributed by atoms with E-state index in [0.29, 0.717) is 5.84 Å². The number of rotatable bonds is 1. The van der Waals surface area contributed by atoms with Crippen molar-refractivity contribution >= 4 is 11.9 Å². The maximum atomic E-state index is 11.4. The van der Waals surface area contributed by atoms with Gasteiger partial charge >= 0.3 is 6.03 Å². The van der Waals surface area contributed by atoms with Crippen LogP contribution < -0.4 is 5.73 Å². The molecule has 1 aromatic rings. The number of nitrogens with zero attached hydrogens (tertiary/aromatic N) is 2. The van der Waals surface area contributed by atoms with E-state index in [-0.39, 0.29) is 12.1 Å². The van der Waals surface area contributed by atoms with E-state index in [0.717, 1.165) is 5.56 Å². The second-order valence-corrected chi connectivity index (χ2v) is 4.18. The monoisotopic (exact) mass is 217 g/mol. The largest absolute Gasteiger partial charge is 0.385 e. The molecule has 16 heavy (non-hydrogen) atoms. The predicted octanol–water partition coefficient (Wildman–Crippen LogP) is 1.77. The molecule has 1 heterocycles. The van der Waals surface area contributed by atoms with Gasteiger partial charge in [-0.3, -0.25) is 0 Å². The lowest BCUT2D eigenvalue weighted by atomic mass is 10.0. The molecular formula is C12H15N3O. The zero-order chi connectivity index (χ0) is 11.9. The van der Waals surface area contributed by atoms with Gasteiger partial charge in [-0.2, -0.15) is 4.99 Å². The van der Waals surface area contributed by atoms with Gasteiger partial charge in [0, 0.05) is 7.05 Å². The van der Waals surface area contributed by atoms with Gasteiger partial charge in [0.05, 0.1) is 0 Å². The maximum Gasteiger partial charge on any atom is 0.345 e. The molecule has 1 unspecified atom stereocenters. The zero-order valence-electron chi connectivity index (χ0n) is 9.69. The van der Waals surface area contributed by atoms with E-state index in [2.05, 4.69) is 18.0 Å². The number of carbonyl (C=O) groups excluding carboxylic acids is 1. The summed E-state index contributed by atoms with van der Waals surface area (Å²) in [6, 6.07) is 5.59. The minimum atomic E-state index is -0.277. The smallest absolute Gasteiger partial charge is 0.345 e. The van der Waals surface area contributed by atoms with E-state index in [1.807, 2.05) is 19.1 Å². The highest BCUT2D eigenvalue weighted by molar-refractivity contribution is 6.03. The lowest BCUT2D eigenvalue weighted by Gasteiger charge is -2.20. The van der Waals surface area contributed by atoms with Gasteiger partial charge in [-0.1, -0.05) is 18.2 Å². The van der Waals surface area contributed by atoms with Crippen molar-refractivity contribution in [2.75, 3.05) is 7.05 Å². The van der Waals surface area contributed by atoms with Gasteiger partial charge < -0.3 is 10.6 Å². The molecule has 0 spiro atoms. The molecule has 4 nitrogen and oxygen atoms in total. The Morgan fingerprint density at radius 3 is 2.50 bits per heavy atom. The average Bonchev–Trinajstić information content (AvgIpc) is 2.47. The van der Waals surface area contributed by atoms with Gasteiger partial charge in [0.15, 0.2) is 0 Å². The molecule has 1 aromatic carbocycles. The Bertz CT molecular complexity index is 479. The molecule has 1 aliphatic rings. The van der Waals surface area contributed by atoms with Crippen molar-refractivity contribution in [3.63, 3.8) is 0 Å². The number of amides is 2. The molecule has 1 aliphatic heterocycles. The van der Waals surface area contributed by atoms with Crippen LogP contribution in [0.3, 0.4) is 0 Å². The number of likely N-dealkylation sites (N-methyl/N-ethyl adjacent to an activating group) is 1. The van der Waals surface area contributed by atoms with Crippen molar-refractivity contribution in [3.05, 3.63) is 34.9 Å². The normalized spacial score (nSPS) is 20.2. The molecule has 84 valence electrons. The Kier molecular flexibility index (Phi) is 2.42. The van der Waals surface area contributed by atoms with Crippen LogP contribution in [-0.2, 0) is 0 Å². The second kappa shape index (κ2) is 3.63. The summed E-state index contributed by atoms with van der Waals surface area (Å²) >= 11 is 0. The van der Waals surface area contributed by atoms with E-state index < -0.39 is 0 Å². The summed E-state index contributed by atoms with van der Waals surface area (Å²) in [6.07, 6.45) is 0. The summed E-state index contributed by atoms with van der Waals surface area (Å²) in [7, 11) is 1.71. The quantitative estimate of drug-likeness (QED) is 0.779. The molecule has 0 bridgehead atoms. The van der Waals surface area contributed by atoms with E-state index >= 15 is 0 Å². The number of hydrogen-bond donors (Lipinski definition) is 1. The molecule has 2 N–H and O–H groups in total. The first-order valence-electron chi connectivity index (χ1n) is 5.18. The zero-order valence-corrected chi connectivity index (χ0v) is 9.69. The number of amidine groups is 1. The fourth-order valence-electron chi connectivity index (χ4n) is 1.89. The molecule has 0 aliphatic carbocycles. The Labute approximate surface area is 94.8 Å². The van der Waals surface area contributed by atoms with Gasteiger partial charge in [-0.15, -0.1) is 0 Å². The number of carbonyl (C=O) groups is 1. The summed E-state index contributed by atoms with van der Waals surface area (Å²) in [5.74, 6) is 0.371. The molecule has 0 saturated heterocycles. The van der Waals surface area contributed by atoms with Crippen molar-refractivity contribution in [2.45, 2.75) is 19.9 Å². The van der Waals surface area contributed by atoms with Crippen LogP contribution in [0.5, 0.6) is 0 Å². The predicted molar refractivity (Wildman–Crippen MR) is 63.4 cm³/mol. The molecule has 0 fully saturated rings. The van der Waals surface area contributed by atoms with Crippen molar-refractivity contribution in [1.82, 2.24) is 4.90 Å². The van der Waals surface area contributed by atoms with E-state index in [9.17, 15) is 4.79 Å². The minimum absolute atomic E-state index is 0.216. The molecule has 1 atom stereocenters. The highest BCUT2D eigenvalue weighted by Crippen LogP contribution is 2.26. The average molecular weight is 217 g/mol. The van der Waals surface area contributed by atoms with Crippen molar-refractivity contribution in [1.29, 1.82) is 0 Å². The van der Waals surface area contributed by atoms with Crippen LogP contribution in [0.1, 0.15) is 22.7 Å².